The number of H-pyrrole nitrogens is 1. The van der Waals surface area contributed by atoms with E-state index in [0.29, 0.717) is 16.0 Å². The average Bonchev–Trinajstić information content (AvgIpc) is 3.28. The number of anilines is 2. The van der Waals surface area contributed by atoms with Crippen molar-refractivity contribution in [2.75, 3.05) is 10.7 Å². The number of rotatable bonds is 5. The van der Waals surface area contributed by atoms with Crippen molar-refractivity contribution in [3.05, 3.63) is 89.0 Å². The van der Waals surface area contributed by atoms with Crippen LogP contribution < -0.4 is 4.90 Å². The molecule has 164 valence electrons. The lowest BCUT2D eigenvalue weighted by Gasteiger charge is -2.31. The zero-order valence-corrected chi connectivity index (χ0v) is 19.4. The highest BCUT2D eigenvalue weighted by molar-refractivity contribution is 8.00. The van der Waals surface area contributed by atoms with Gasteiger partial charge in [-0.25, -0.2) is 9.37 Å². The number of nitrogens with one attached hydrogen (secondary N) is 1. The van der Waals surface area contributed by atoms with Crippen molar-refractivity contribution in [1.29, 1.82) is 0 Å². The van der Waals surface area contributed by atoms with Crippen molar-refractivity contribution >= 4 is 64.6 Å². The Morgan fingerprint density at radius 2 is 1.85 bits per heavy atom. The number of carbonyl (C=O) groups is 1. The van der Waals surface area contributed by atoms with Gasteiger partial charge in [-0.05, 0) is 54.1 Å². The average molecular weight is 495 g/mol. The molecular formula is C24H16ClFN4OS2. The monoisotopic (exact) mass is 494 g/mol. The Morgan fingerprint density at radius 1 is 1.06 bits per heavy atom. The maximum absolute atomic E-state index is 13.3. The Labute approximate surface area is 203 Å². The summed E-state index contributed by atoms with van der Waals surface area (Å²) < 4.78 is 13.0. The van der Waals surface area contributed by atoms with Gasteiger partial charge in [-0.3, -0.25) is 14.8 Å². The van der Waals surface area contributed by atoms with Gasteiger partial charge in [-0.15, -0.1) is 5.10 Å². The van der Waals surface area contributed by atoms with E-state index in [2.05, 4.69) is 15.2 Å². The smallest absolute Gasteiger partial charge is 0.242 e. The van der Waals surface area contributed by atoms with Crippen LogP contribution in [0.5, 0.6) is 0 Å². The minimum absolute atomic E-state index is 0.0931. The molecule has 5 rings (SSSR count). The number of hydrogen-bond acceptors (Lipinski definition) is 5. The first-order chi connectivity index (χ1) is 16.1. The number of para-hydroxylation sites is 1. The number of carbonyl (C=O) groups excluding carboxylic acids is 1. The fourth-order valence-corrected chi connectivity index (χ4v) is 5.19. The molecule has 0 unspecified atom stereocenters. The van der Waals surface area contributed by atoms with Crippen LogP contribution in [0.15, 0.2) is 81.7 Å². The molecule has 1 amide bonds. The molecular weight excluding hydrogens is 479 g/mol. The van der Waals surface area contributed by atoms with E-state index < -0.39 is 0 Å². The van der Waals surface area contributed by atoms with Crippen LogP contribution in [0, 0.1) is 5.82 Å². The topological polar surface area (TPSA) is 61.9 Å². The van der Waals surface area contributed by atoms with Crippen molar-refractivity contribution in [3.8, 4) is 0 Å². The van der Waals surface area contributed by atoms with Crippen LogP contribution in [0.1, 0.15) is 11.4 Å². The number of benzene rings is 3. The number of amides is 1. The van der Waals surface area contributed by atoms with Crippen molar-refractivity contribution < 1.29 is 9.18 Å². The van der Waals surface area contributed by atoms with Crippen LogP contribution in [-0.4, -0.2) is 26.8 Å². The normalized spacial score (nSPS) is 12.6. The number of fused-ring (bicyclic) bond motifs is 2. The molecule has 0 saturated carbocycles. The van der Waals surface area contributed by atoms with Crippen molar-refractivity contribution in [1.82, 2.24) is 15.2 Å². The Bertz CT molecular complexity index is 1360. The number of halogens is 2. The summed E-state index contributed by atoms with van der Waals surface area (Å²) in [5.41, 5.74) is 2.45. The number of hydrogen-bond donors (Lipinski definition) is 1. The maximum Gasteiger partial charge on any atom is 0.242 e. The molecule has 4 aromatic rings. The van der Waals surface area contributed by atoms with Gasteiger partial charge in [0.2, 0.25) is 11.1 Å². The summed E-state index contributed by atoms with van der Waals surface area (Å²) in [5.74, 6) is 0.329. The molecule has 0 spiro atoms. The van der Waals surface area contributed by atoms with Gasteiger partial charge in [0.25, 0.3) is 0 Å². The Morgan fingerprint density at radius 3 is 2.70 bits per heavy atom. The van der Waals surface area contributed by atoms with Crippen molar-refractivity contribution in [2.24, 2.45) is 0 Å². The van der Waals surface area contributed by atoms with E-state index in [4.69, 9.17) is 11.6 Å². The van der Waals surface area contributed by atoms with Gasteiger partial charge in [-0.1, -0.05) is 65.5 Å². The molecule has 2 heterocycles. The summed E-state index contributed by atoms with van der Waals surface area (Å²) in [6.45, 7) is 0. The van der Waals surface area contributed by atoms with Gasteiger partial charge < -0.3 is 0 Å². The summed E-state index contributed by atoms with van der Waals surface area (Å²) in [5, 5.41) is 8.06. The zero-order chi connectivity index (χ0) is 22.8. The summed E-state index contributed by atoms with van der Waals surface area (Å²) in [7, 11) is 0. The molecule has 0 aliphatic carbocycles. The third kappa shape index (κ3) is 4.83. The van der Waals surface area contributed by atoms with Crippen LogP contribution in [0.3, 0.4) is 0 Å². The molecule has 1 N–H and O–H groups in total. The molecule has 9 heteroatoms. The van der Waals surface area contributed by atoms with Crippen LogP contribution >= 0.6 is 35.1 Å². The second-order valence-electron chi connectivity index (χ2n) is 7.09. The van der Waals surface area contributed by atoms with Crippen LogP contribution in [0.2, 0.25) is 5.02 Å². The molecule has 1 aliphatic rings. The molecule has 1 aliphatic heterocycles. The largest absolute Gasteiger partial charge is 0.278 e. The first-order valence-electron chi connectivity index (χ1n) is 9.95. The van der Waals surface area contributed by atoms with E-state index in [1.807, 2.05) is 48.5 Å². The predicted molar refractivity (Wildman–Crippen MR) is 132 cm³/mol. The summed E-state index contributed by atoms with van der Waals surface area (Å²) >= 11 is 9.10. The number of aromatic nitrogens is 3. The van der Waals surface area contributed by atoms with Crippen molar-refractivity contribution in [3.63, 3.8) is 0 Å². The second-order valence-corrected chi connectivity index (χ2v) is 9.55. The fraction of sp³-hybridized carbons (Fsp3) is 0.0417. The zero-order valence-electron chi connectivity index (χ0n) is 17.0. The SMILES string of the molecule is O=C(CSc1n[nH]c(/C=C/c2ccc(F)cc2)n1)N1c2ccccc2Sc2ccc(Cl)cc21. The highest BCUT2D eigenvalue weighted by Crippen LogP contribution is 2.49. The third-order valence-corrected chi connectivity index (χ3v) is 7.05. The van der Waals surface area contributed by atoms with Crippen molar-refractivity contribution in [2.45, 2.75) is 14.9 Å². The summed E-state index contributed by atoms with van der Waals surface area (Å²) in [6, 6.07) is 19.5. The molecule has 0 radical (unpaired) electrons. The van der Waals surface area contributed by atoms with Gasteiger partial charge in [0.15, 0.2) is 0 Å². The first-order valence-corrected chi connectivity index (χ1v) is 12.1. The molecule has 0 saturated heterocycles. The summed E-state index contributed by atoms with van der Waals surface area (Å²) in [4.78, 5) is 21.4. The van der Waals surface area contributed by atoms with Gasteiger partial charge in [0.1, 0.15) is 11.6 Å². The lowest BCUT2D eigenvalue weighted by Crippen LogP contribution is -2.30. The minimum Gasteiger partial charge on any atom is -0.278 e. The van der Waals surface area contributed by atoms with Crippen LogP contribution in [0.4, 0.5) is 15.8 Å². The molecule has 0 fully saturated rings. The van der Waals surface area contributed by atoms with E-state index in [1.165, 1.54) is 23.9 Å². The fourth-order valence-electron chi connectivity index (χ4n) is 3.33. The highest BCUT2D eigenvalue weighted by atomic mass is 35.5. The number of thioether (sulfide) groups is 1. The standard InChI is InChI=1S/C24H16ClFN4OS2/c25-16-8-11-21-19(13-16)30(18-3-1-2-4-20(18)33-21)23(31)14-32-24-27-22(28-29-24)12-7-15-5-9-17(26)10-6-15/h1-13H,14H2,(H,27,28,29)/b12-7+. The summed E-state index contributed by atoms with van der Waals surface area (Å²) in [6.07, 6.45) is 3.56. The maximum atomic E-state index is 13.3. The van der Waals surface area contributed by atoms with E-state index in [9.17, 15) is 9.18 Å². The van der Waals surface area contributed by atoms with Gasteiger partial charge in [-0.2, -0.15) is 0 Å². The highest BCUT2D eigenvalue weighted by Gasteiger charge is 2.28. The second kappa shape index (κ2) is 9.43. The Balaban J connectivity index is 1.31. The van der Waals surface area contributed by atoms with Gasteiger partial charge in [0.05, 0.1) is 17.1 Å². The number of aromatic amines is 1. The molecule has 0 bridgehead atoms. The van der Waals surface area contributed by atoms with Gasteiger partial charge in [0, 0.05) is 14.8 Å². The Kier molecular flexibility index (Phi) is 6.22. The minimum atomic E-state index is -0.282. The van der Waals surface area contributed by atoms with Crippen LogP contribution in [-0.2, 0) is 4.79 Å². The quantitative estimate of drug-likeness (QED) is 0.313. The van der Waals surface area contributed by atoms with Gasteiger partial charge >= 0.3 is 0 Å². The molecule has 5 nitrogen and oxygen atoms in total. The molecule has 1 aromatic heterocycles. The lowest BCUT2D eigenvalue weighted by atomic mass is 10.2. The van der Waals surface area contributed by atoms with Crippen LogP contribution in [0.25, 0.3) is 12.2 Å². The molecule has 0 atom stereocenters. The first kappa shape index (κ1) is 21.8. The predicted octanol–water partition coefficient (Wildman–Crippen LogP) is 6.69. The van der Waals surface area contributed by atoms with E-state index in [1.54, 1.807) is 34.9 Å². The third-order valence-electron chi connectivity index (χ3n) is 4.85. The van der Waals surface area contributed by atoms with E-state index >= 15 is 0 Å². The van der Waals surface area contributed by atoms with E-state index in [0.717, 1.165) is 26.7 Å². The Hall–Kier alpha value is -3.07. The molecule has 33 heavy (non-hydrogen) atoms. The van der Waals surface area contributed by atoms with E-state index in [-0.39, 0.29) is 17.5 Å². The molecule has 3 aromatic carbocycles. The lowest BCUT2D eigenvalue weighted by molar-refractivity contribution is -0.115. The number of nitrogens with zero attached hydrogens (tertiary/aromatic N) is 3.